The van der Waals surface area contributed by atoms with Crippen LogP contribution in [0.5, 0.6) is 0 Å². The Hall–Kier alpha value is -1.14. The van der Waals surface area contributed by atoms with E-state index < -0.39 is 5.60 Å². The van der Waals surface area contributed by atoms with Crippen molar-refractivity contribution in [2.75, 3.05) is 19.6 Å². The van der Waals surface area contributed by atoms with Gasteiger partial charge < -0.3 is 15.0 Å². The molecule has 0 atom stereocenters. The molecular weight excluding hydrogens is 346 g/mol. The maximum absolute atomic E-state index is 12.1. The minimum atomic E-state index is -0.460. The van der Waals surface area contributed by atoms with Crippen molar-refractivity contribution in [1.29, 1.82) is 0 Å². The molecule has 0 aliphatic rings. The van der Waals surface area contributed by atoms with E-state index in [2.05, 4.69) is 33.2 Å². The van der Waals surface area contributed by atoms with Crippen LogP contribution in [0.3, 0.4) is 0 Å². The normalized spacial score (nSPS) is 11.3. The molecule has 1 amide bonds. The van der Waals surface area contributed by atoms with Crippen LogP contribution in [0.2, 0.25) is 0 Å². The van der Waals surface area contributed by atoms with Crippen molar-refractivity contribution in [3.8, 4) is 0 Å². The molecule has 0 saturated heterocycles. The van der Waals surface area contributed by atoms with Crippen molar-refractivity contribution < 1.29 is 9.53 Å². The highest BCUT2D eigenvalue weighted by Crippen LogP contribution is 2.10. The zero-order valence-electron chi connectivity index (χ0n) is 13.9. The molecule has 1 aromatic heterocycles. The summed E-state index contributed by atoms with van der Waals surface area (Å²) in [5.74, 6) is 0. The van der Waals surface area contributed by atoms with E-state index >= 15 is 0 Å². The van der Waals surface area contributed by atoms with Crippen molar-refractivity contribution >= 4 is 22.0 Å². The predicted molar refractivity (Wildman–Crippen MR) is 91.7 cm³/mol. The molecule has 0 aromatic carbocycles. The molecular formula is C16H26BrN3O2. The number of nitrogens with one attached hydrogen (secondary N) is 1. The second-order valence-electron chi connectivity index (χ2n) is 6.11. The molecule has 6 heteroatoms. The van der Waals surface area contributed by atoms with Crippen molar-refractivity contribution in [3.63, 3.8) is 0 Å². The molecule has 124 valence electrons. The van der Waals surface area contributed by atoms with Gasteiger partial charge in [-0.3, -0.25) is 4.98 Å². The maximum Gasteiger partial charge on any atom is 0.410 e. The van der Waals surface area contributed by atoms with Gasteiger partial charge in [0, 0.05) is 36.8 Å². The number of carbonyl (C=O) groups is 1. The fourth-order valence-electron chi connectivity index (χ4n) is 1.83. The summed E-state index contributed by atoms with van der Waals surface area (Å²) < 4.78 is 6.39. The molecule has 0 spiro atoms. The summed E-state index contributed by atoms with van der Waals surface area (Å²) in [6, 6.07) is 3.93. The summed E-state index contributed by atoms with van der Waals surface area (Å²) in [5, 5.41) is 3.30. The largest absolute Gasteiger partial charge is 0.444 e. The molecule has 0 aliphatic carbocycles. The predicted octanol–water partition coefficient (Wildman–Crippen LogP) is 3.58. The first kappa shape index (κ1) is 18.9. The van der Waals surface area contributed by atoms with Crippen LogP contribution in [-0.2, 0) is 11.3 Å². The fourth-order valence-corrected chi connectivity index (χ4v) is 2.07. The lowest BCUT2D eigenvalue weighted by atomic mass is 10.2. The van der Waals surface area contributed by atoms with E-state index in [0.29, 0.717) is 26.2 Å². The van der Waals surface area contributed by atoms with Crippen molar-refractivity contribution in [3.05, 3.63) is 28.5 Å². The molecule has 0 saturated carbocycles. The van der Waals surface area contributed by atoms with Crippen molar-refractivity contribution in [1.82, 2.24) is 15.2 Å². The number of rotatable bonds is 7. The summed E-state index contributed by atoms with van der Waals surface area (Å²) >= 11 is 3.36. The molecule has 0 aliphatic heterocycles. The number of hydrogen-bond acceptors (Lipinski definition) is 4. The van der Waals surface area contributed by atoms with Gasteiger partial charge >= 0.3 is 6.09 Å². The number of aromatic nitrogens is 1. The Labute approximate surface area is 141 Å². The molecule has 0 bridgehead atoms. The Kier molecular flexibility index (Phi) is 7.82. The number of halogens is 1. The Morgan fingerprint density at radius 2 is 2.09 bits per heavy atom. The van der Waals surface area contributed by atoms with Gasteiger partial charge in [-0.1, -0.05) is 6.92 Å². The first-order valence-corrected chi connectivity index (χ1v) is 8.40. The van der Waals surface area contributed by atoms with E-state index in [-0.39, 0.29) is 6.09 Å². The van der Waals surface area contributed by atoms with Crippen LogP contribution in [0.25, 0.3) is 0 Å². The zero-order valence-corrected chi connectivity index (χ0v) is 15.4. The van der Waals surface area contributed by atoms with Gasteiger partial charge in [0.1, 0.15) is 5.60 Å². The summed E-state index contributed by atoms with van der Waals surface area (Å²) in [6.07, 6.45) is 2.44. The third-order valence-corrected chi connectivity index (χ3v) is 3.27. The highest BCUT2D eigenvalue weighted by molar-refractivity contribution is 9.10. The summed E-state index contributed by atoms with van der Waals surface area (Å²) in [6.45, 7) is 10.4. The van der Waals surface area contributed by atoms with Crippen LogP contribution in [0.15, 0.2) is 22.8 Å². The van der Waals surface area contributed by atoms with Crippen LogP contribution in [0.1, 0.15) is 39.8 Å². The van der Waals surface area contributed by atoms with Gasteiger partial charge in [-0.2, -0.15) is 0 Å². The Balaban J connectivity index is 2.37. The van der Waals surface area contributed by atoms with Crippen LogP contribution >= 0.6 is 15.9 Å². The lowest BCUT2D eigenvalue weighted by molar-refractivity contribution is 0.0252. The number of nitrogens with zero attached hydrogens (tertiary/aromatic N) is 2. The van der Waals surface area contributed by atoms with Crippen LogP contribution in [0, 0.1) is 0 Å². The Bertz CT molecular complexity index is 457. The van der Waals surface area contributed by atoms with E-state index in [1.807, 2.05) is 32.9 Å². The van der Waals surface area contributed by atoms with Gasteiger partial charge in [0.05, 0.1) is 5.69 Å². The molecule has 1 heterocycles. The molecule has 1 rings (SSSR count). The molecule has 1 N–H and O–H groups in total. The third-order valence-electron chi connectivity index (χ3n) is 2.80. The van der Waals surface area contributed by atoms with Crippen LogP contribution in [0.4, 0.5) is 4.79 Å². The highest BCUT2D eigenvalue weighted by Gasteiger charge is 2.21. The first-order valence-electron chi connectivity index (χ1n) is 7.61. The number of hydrogen-bond donors (Lipinski definition) is 1. The number of ether oxygens (including phenoxy) is 1. The molecule has 22 heavy (non-hydrogen) atoms. The quantitative estimate of drug-likeness (QED) is 0.744. The van der Waals surface area contributed by atoms with Crippen molar-refractivity contribution in [2.24, 2.45) is 0 Å². The van der Waals surface area contributed by atoms with Gasteiger partial charge in [0.15, 0.2) is 0 Å². The SMILES string of the molecule is CCCN(CCNCc1ccc(Br)cn1)C(=O)OC(C)(C)C. The molecule has 0 fully saturated rings. The van der Waals surface area contributed by atoms with Gasteiger partial charge in [0.25, 0.3) is 0 Å². The Morgan fingerprint density at radius 1 is 1.36 bits per heavy atom. The standard InChI is InChI=1S/C16H26BrN3O2/c1-5-9-20(15(21)22-16(2,3)4)10-8-18-12-14-7-6-13(17)11-19-14/h6-7,11,18H,5,8-10,12H2,1-4H3. The second kappa shape index (κ2) is 9.10. The molecule has 0 unspecified atom stereocenters. The highest BCUT2D eigenvalue weighted by atomic mass is 79.9. The van der Waals surface area contributed by atoms with E-state index in [1.54, 1.807) is 11.1 Å². The second-order valence-corrected chi connectivity index (χ2v) is 7.03. The number of pyridine rings is 1. The average molecular weight is 372 g/mol. The van der Waals surface area contributed by atoms with E-state index in [9.17, 15) is 4.79 Å². The monoisotopic (exact) mass is 371 g/mol. The third kappa shape index (κ3) is 7.75. The number of carbonyl (C=O) groups excluding carboxylic acids is 1. The lowest BCUT2D eigenvalue weighted by Gasteiger charge is -2.27. The number of amides is 1. The smallest absolute Gasteiger partial charge is 0.410 e. The first-order chi connectivity index (χ1) is 10.3. The Morgan fingerprint density at radius 3 is 2.64 bits per heavy atom. The van der Waals surface area contributed by atoms with E-state index in [4.69, 9.17) is 4.74 Å². The zero-order chi connectivity index (χ0) is 16.6. The minimum absolute atomic E-state index is 0.252. The van der Waals surface area contributed by atoms with E-state index in [0.717, 1.165) is 16.6 Å². The van der Waals surface area contributed by atoms with Crippen LogP contribution < -0.4 is 5.32 Å². The summed E-state index contributed by atoms with van der Waals surface area (Å²) in [5.41, 5.74) is 0.514. The summed E-state index contributed by atoms with van der Waals surface area (Å²) in [4.78, 5) is 18.2. The molecule has 5 nitrogen and oxygen atoms in total. The summed E-state index contributed by atoms with van der Waals surface area (Å²) in [7, 11) is 0. The lowest BCUT2D eigenvalue weighted by Crippen LogP contribution is -2.40. The van der Waals surface area contributed by atoms with Crippen LogP contribution in [-0.4, -0.2) is 41.2 Å². The molecule has 1 aromatic rings. The van der Waals surface area contributed by atoms with Gasteiger partial charge in [0.2, 0.25) is 0 Å². The maximum atomic E-state index is 12.1. The van der Waals surface area contributed by atoms with Crippen molar-refractivity contribution in [2.45, 2.75) is 46.3 Å². The van der Waals surface area contributed by atoms with Gasteiger partial charge in [-0.05, 0) is 55.3 Å². The van der Waals surface area contributed by atoms with Gasteiger partial charge in [-0.25, -0.2) is 4.79 Å². The van der Waals surface area contributed by atoms with Gasteiger partial charge in [-0.15, -0.1) is 0 Å². The topological polar surface area (TPSA) is 54.5 Å². The minimum Gasteiger partial charge on any atom is -0.444 e. The fraction of sp³-hybridized carbons (Fsp3) is 0.625. The van der Waals surface area contributed by atoms with E-state index in [1.165, 1.54) is 0 Å². The molecule has 0 radical (unpaired) electrons. The average Bonchev–Trinajstić information content (AvgIpc) is 2.42.